The summed E-state index contributed by atoms with van der Waals surface area (Å²) in [7, 11) is 2.80. The highest BCUT2D eigenvalue weighted by Gasteiger charge is 2.42. The van der Waals surface area contributed by atoms with Gasteiger partial charge in [-0.25, -0.2) is 37.9 Å². The van der Waals surface area contributed by atoms with Gasteiger partial charge >= 0.3 is 18.3 Å². The Bertz CT molecular complexity index is 4180. The molecule has 3 fully saturated rings. The molecule has 0 radical (unpaired) electrons. The number of benzene rings is 2. The van der Waals surface area contributed by atoms with Gasteiger partial charge in [0.05, 0.1) is 61.3 Å². The van der Waals surface area contributed by atoms with Crippen molar-refractivity contribution in [2.75, 3.05) is 20.3 Å². The molecule has 8 aromatic heterocycles. The van der Waals surface area contributed by atoms with E-state index in [4.69, 9.17) is 19.4 Å². The summed E-state index contributed by atoms with van der Waals surface area (Å²) in [6.45, 7) is 1.57. The molecule has 2 atom stereocenters. The fraction of sp³-hybridized carbons (Fsp3) is 0.259. The number of carbonyl (C=O) groups excluding carboxylic acids is 1. The molecular weight excluding hydrogens is 1110 g/mol. The number of aromatic nitrogens is 14. The number of ether oxygens (including phenoxy) is 2. The summed E-state index contributed by atoms with van der Waals surface area (Å²) in [4.78, 5) is 30.5. The summed E-state index contributed by atoms with van der Waals surface area (Å²) in [5, 5.41) is 29.2. The zero-order chi connectivity index (χ0) is 58.2. The molecule has 2 unspecified atom stereocenters. The Hall–Kier alpha value is -9.43. The van der Waals surface area contributed by atoms with Crippen molar-refractivity contribution in [3.63, 3.8) is 0 Å². The lowest BCUT2D eigenvalue weighted by Gasteiger charge is -2.26. The van der Waals surface area contributed by atoms with Crippen molar-refractivity contribution < 1.29 is 49.4 Å². The van der Waals surface area contributed by atoms with Gasteiger partial charge in [0.15, 0.2) is 23.3 Å². The number of esters is 1. The van der Waals surface area contributed by atoms with Crippen LogP contribution in [0, 0.1) is 17.6 Å². The first-order chi connectivity index (χ1) is 40.4. The molecule has 1 aliphatic heterocycles. The Morgan fingerprint density at radius 3 is 1.94 bits per heavy atom. The number of aryl methyl sites for hydroxylation is 1. The van der Waals surface area contributed by atoms with E-state index in [1.807, 2.05) is 16.7 Å². The summed E-state index contributed by atoms with van der Waals surface area (Å²) in [6.07, 6.45) is 1.68. The van der Waals surface area contributed by atoms with Gasteiger partial charge in [-0.1, -0.05) is 12.1 Å². The van der Waals surface area contributed by atoms with E-state index in [2.05, 4.69) is 45.9 Å². The Labute approximate surface area is 471 Å². The molecular formula is C58H45F8N15O3. The maximum atomic E-state index is 15.6. The summed E-state index contributed by atoms with van der Waals surface area (Å²) >= 11 is 0. The predicted molar refractivity (Wildman–Crippen MR) is 285 cm³/mol. The normalized spacial score (nSPS) is 16.3. The van der Waals surface area contributed by atoms with E-state index in [0.29, 0.717) is 94.6 Å². The number of carbonyl (C=O) groups is 1. The van der Waals surface area contributed by atoms with Crippen molar-refractivity contribution in [2.24, 2.45) is 13.0 Å². The monoisotopic (exact) mass is 1150 g/mol. The summed E-state index contributed by atoms with van der Waals surface area (Å²) in [6, 6.07) is 19.1. The number of nitrogens with zero attached hydrogens (tertiary/aromatic N) is 14. The molecule has 1 saturated heterocycles. The van der Waals surface area contributed by atoms with Crippen molar-refractivity contribution >= 4 is 5.97 Å². The van der Waals surface area contributed by atoms with Gasteiger partial charge in [0.1, 0.15) is 30.0 Å². The van der Waals surface area contributed by atoms with Crippen LogP contribution < -0.4 is 5.32 Å². The standard InChI is InChI=1S/C58H45F8N15O3/c1-78-28-69-76-54(78)44-16-36(59)5-8-40(44)32-13-49(75-52(15-32)80-24-34(19-71-80)42-18-50(56(82)83-2)68-22-47(42)58(64,65)66)43-11-33(43)23-79-29-70-77-55(79)45-17-37(60)6-9-41(45)31-12-48(30-3-4-30)74-51(14-31)81-25-35(20-72-81)53-46(57(61,62)63)10-7-38(73-53)21-67-39-26-84-27-39/h5-10,12-20,22,24-25,28-30,33,39,43,67H,3-4,11,21,23,26-27H2,1-2H3. The van der Waals surface area contributed by atoms with Crippen LogP contribution in [-0.2, 0) is 42.0 Å². The highest BCUT2D eigenvalue weighted by molar-refractivity contribution is 5.89. The smallest absolute Gasteiger partial charge is 0.418 e. The van der Waals surface area contributed by atoms with Crippen molar-refractivity contribution in [3.05, 3.63) is 168 Å². The predicted octanol–water partition coefficient (Wildman–Crippen LogP) is 10.6. The molecule has 13 rings (SSSR count). The Balaban J connectivity index is 0.834. The molecule has 26 heteroatoms. The van der Waals surface area contributed by atoms with Crippen LogP contribution in [0.1, 0.15) is 69.8 Å². The minimum atomic E-state index is -4.85. The maximum absolute atomic E-state index is 15.6. The number of hydrogen-bond donors (Lipinski definition) is 1. The third-order valence-corrected chi connectivity index (χ3v) is 15.1. The maximum Gasteiger partial charge on any atom is 0.418 e. The SMILES string of the molecule is COC(=O)c1cc(-c2cnn(-c3cc(-c4ccc(F)cc4-c4nncn4C)cc(C4CC4Cn4cnnc4-c4cc(F)ccc4-c4cc(C5CC5)nc(-n5cc(-c6nc(CNC7COC7)ccc6C(F)(F)F)cn5)c4)n3)c2)c(C(F)(F)F)cn1. The number of methoxy groups -OCH3 is 1. The lowest BCUT2D eigenvalue weighted by Crippen LogP contribution is -2.45. The fourth-order valence-corrected chi connectivity index (χ4v) is 10.4. The highest BCUT2D eigenvalue weighted by Crippen LogP contribution is 2.50. The van der Waals surface area contributed by atoms with E-state index in [1.54, 1.807) is 42.2 Å². The summed E-state index contributed by atoms with van der Waals surface area (Å²) < 4.78 is 133. The Morgan fingerprint density at radius 2 is 1.31 bits per heavy atom. The third kappa shape index (κ3) is 10.7. The molecule has 0 spiro atoms. The number of nitrogens with one attached hydrogen (secondary N) is 1. The molecule has 426 valence electrons. The lowest BCUT2D eigenvalue weighted by molar-refractivity contribution is -0.138. The first kappa shape index (κ1) is 53.9. The van der Waals surface area contributed by atoms with Gasteiger partial charge in [-0.2, -0.15) is 36.5 Å². The molecule has 0 bridgehead atoms. The molecule has 2 aliphatic carbocycles. The van der Waals surface area contributed by atoms with Gasteiger partial charge in [0.2, 0.25) is 0 Å². The molecule has 3 aliphatic rings. The van der Waals surface area contributed by atoms with Crippen LogP contribution >= 0.6 is 0 Å². The second-order valence-corrected chi connectivity index (χ2v) is 20.9. The fourth-order valence-electron chi connectivity index (χ4n) is 10.4. The van der Waals surface area contributed by atoms with Gasteiger partial charge in [-0.3, -0.25) is 4.98 Å². The van der Waals surface area contributed by atoms with E-state index < -0.39 is 41.1 Å². The molecule has 0 amide bonds. The van der Waals surface area contributed by atoms with Gasteiger partial charge in [0, 0.05) is 89.8 Å². The molecule has 2 aromatic carbocycles. The number of rotatable bonds is 16. The number of halogens is 8. The third-order valence-electron chi connectivity index (χ3n) is 15.1. The average molecular weight is 1150 g/mol. The van der Waals surface area contributed by atoms with E-state index in [0.717, 1.165) is 37.8 Å². The molecule has 2 saturated carbocycles. The molecule has 18 nitrogen and oxygen atoms in total. The largest absolute Gasteiger partial charge is 0.464 e. The van der Waals surface area contributed by atoms with Crippen molar-refractivity contribution in [1.82, 2.24) is 74.3 Å². The van der Waals surface area contributed by atoms with Crippen LogP contribution in [0.4, 0.5) is 35.1 Å². The number of hydrogen-bond acceptors (Lipinski definition) is 14. The summed E-state index contributed by atoms with van der Waals surface area (Å²) in [5.74, 6) is -1.05. The number of pyridine rings is 4. The van der Waals surface area contributed by atoms with Gasteiger partial charge < -0.3 is 23.9 Å². The van der Waals surface area contributed by atoms with Crippen molar-refractivity contribution in [1.29, 1.82) is 0 Å². The van der Waals surface area contributed by atoms with Gasteiger partial charge in [0.25, 0.3) is 0 Å². The minimum absolute atomic E-state index is 0.00454. The second kappa shape index (κ2) is 21.1. The Morgan fingerprint density at radius 1 is 0.679 bits per heavy atom. The molecule has 84 heavy (non-hydrogen) atoms. The Kier molecular flexibility index (Phi) is 13.5. The molecule has 1 N–H and O–H groups in total. The lowest BCUT2D eigenvalue weighted by atomic mass is 9.97. The van der Waals surface area contributed by atoms with Crippen LogP contribution in [-0.4, -0.2) is 101 Å². The zero-order valence-electron chi connectivity index (χ0n) is 44.3. The second-order valence-electron chi connectivity index (χ2n) is 20.9. The van der Waals surface area contributed by atoms with Gasteiger partial charge in [-0.05, 0) is 114 Å². The topological polar surface area (TPSA) is 196 Å². The number of alkyl halides is 6. The van der Waals surface area contributed by atoms with Crippen LogP contribution in [0.3, 0.4) is 0 Å². The van der Waals surface area contributed by atoms with Crippen molar-refractivity contribution in [2.45, 2.75) is 62.6 Å². The summed E-state index contributed by atoms with van der Waals surface area (Å²) in [5.41, 5.74) is 1.87. The van der Waals surface area contributed by atoms with E-state index in [9.17, 15) is 31.1 Å². The van der Waals surface area contributed by atoms with Crippen LogP contribution in [0.5, 0.6) is 0 Å². The quantitative estimate of drug-likeness (QED) is 0.0708. The first-order valence-electron chi connectivity index (χ1n) is 26.4. The van der Waals surface area contributed by atoms with E-state index in [1.165, 1.54) is 70.8 Å². The zero-order valence-corrected chi connectivity index (χ0v) is 44.3. The van der Waals surface area contributed by atoms with Crippen LogP contribution in [0.15, 0.2) is 123 Å². The minimum Gasteiger partial charge on any atom is -0.464 e. The average Bonchev–Trinajstić information content (AvgIpc) is 3.96. The van der Waals surface area contributed by atoms with Crippen molar-refractivity contribution in [3.8, 4) is 79.0 Å². The van der Waals surface area contributed by atoms with Crippen LogP contribution in [0.2, 0.25) is 0 Å². The highest BCUT2D eigenvalue weighted by atomic mass is 19.4. The van der Waals surface area contributed by atoms with Gasteiger partial charge in [-0.15, -0.1) is 20.4 Å². The van der Waals surface area contributed by atoms with E-state index in [-0.39, 0.29) is 64.2 Å². The molecule has 10 aromatic rings. The first-order valence-corrected chi connectivity index (χ1v) is 26.4. The molecule has 9 heterocycles. The van der Waals surface area contributed by atoms with Crippen LogP contribution in [0.25, 0.3) is 79.0 Å². The van der Waals surface area contributed by atoms with E-state index >= 15 is 8.78 Å².